The Kier molecular flexibility index (Phi) is 1.86. The van der Waals surface area contributed by atoms with Gasteiger partial charge in [-0.25, -0.2) is 0 Å². The first-order valence-electron chi connectivity index (χ1n) is 4.38. The first kappa shape index (κ1) is 7.17. The van der Waals surface area contributed by atoms with Crippen molar-refractivity contribution in [1.29, 1.82) is 0 Å². The van der Waals surface area contributed by atoms with Crippen LogP contribution < -0.4 is 0 Å². The first-order valence-corrected chi connectivity index (χ1v) is 4.38. The minimum atomic E-state index is -0.256. The fourth-order valence-electron chi connectivity index (χ4n) is 2.05. The van der Waals surface area contributed by atoms with Gasteiger partial charge in [0, 0.05) is 5.92 Å². The average Bonchev–Trinajstić information content (AvgIpc) is 2.06. The molecule has 0 unspecified atom stereocenters. The third-order valence-electron chi connectivity index (χ3n) is 2.72. The molecule has 1 saturated carbocycles. The predicted molar refractivity (Wildman–Crippen MR) is 42.0 cm³/mol. The minimum absolute atomic E-state index is 0.256. The van der Waals surface area contributed by atoms with Gasteiger partial charge in [0.15, 0.2) is 0 Å². The summed E-state index contributed by atoms with van der Waals surface area (Å²) in [6.07, 6.45) is 8.18. The van der Waals surface area contributed by atoms with Crippen LogP contribution in [0, 0.1) is 5.92 Å². The Morgan fingerprint density at radius 3 is 2.91 bits per heavy atom. The first-order chi connectivity index (χ1) is 5.38. The van der Waals surface area contributed by atoms with E-state index in [2.05, 4.69) is 0 Å². The van der Waals surface area contributed by atoms with Crippen LogP contribution in [-0.2, 0) is 4.74 Å². The zero-order chi connectivity index (χ0) is 7.68. The normalized spacial score (nSPS) is 42.8. The number of fused-ring (bicyclic) bond motifs is 1. The fraction of sp³-hybridized carbons (Fsp3) is 0.778. The van der Waals surface area contributed by atoms with Crippen molar-refractivity contribution in [3.8, 4) is 0 Å². The maximum atomic E-state index is 9.54. The molecule has 0 bridgehead atoms. The van der Waals surface area contributed by atoms with Crippen molar-refractivity contribution >= 4 is 0 Å². The van der Waals surface area contributed by atoms with Crippen molar-refractivity contribution in [2.75, 3.05) is 0 Å². The lowest BCUT2D eigenvalue weighted by atomic mass is 9.82. The third kappa shape index (κ3) is 1.27. The summed E-state index contributed by atoms with van der Waals surface area (Å²) in [5.74, 6) is 0.369. The van der Waals surface area contributed by atoms with E-state index in [4.69, 9.17) is 4.74 Å². The van der Waals surface area contributed by atoms with Crippen molar-refractivity contribution in [3.63, 3.8) is 0 Å². The van der Waals surface area contributed by atoms with Gasteiger partial charge in [-0.3, -0.25) is 0 Å². The van der Waals surface area contributed by atoms with Gasteiger partial charge in [-0.15, -0.1) is 0 Å². The Hall–Kier alpha value is -0.500. The van der Waals surface area contributed by atoms with Crippen molar-refractivity contribution in [1.82, 2.24) is 0 Å². The Labute approximate surface area is 66.9 Å². The molecular weight excluding hydrogens is 140 g/mol. The topological polar surface area (TPSA) is 29.5 Å². The summed E-state index contributed by atoms with van der Waals surface area (Å²) in [7, 11) is 0. The molecule has 0 saturated heterocycles. The lowest BCUT2D eigenvalue weighted by Crippen LogP contribution is -2.37. The van der Waals surface area contributed by atoms with E-state index >= 15 is 0 Å². The molecule has 0 radical (unpaired) electrons. The van der Waals surface area contributed by atoms with Gasteiger partial charge in [0.25, 0.3) is 0 Å². The molecule has 2 rings (SSSR count). The van der Waals surface area contributed by atoms with Gasteiger partial charge in [0.2, 0.25) is 0 Å². The molecule has 3 atom stereocenters. The molecule has 1 aliphatic carbocycles. The van der Waals surface area contributed by atoms with E-state index in [1.165, 1.54) is 12.8 Å². The second-order valence-corrected chi connectivity index (χ2v) is 3.44. The third-order valence-corrected chi connectivity index (χ3v) is 2.72. The van der Waals surface area contributed by atoms with Crippen LogP contribution in [0.2, 0.25) is 0 Å². The maximum absolute atomic E-state index is 9.54. The van der Waals surface area contributed by atoms with Crippen LogP contribution in [0.15, 0.2) is 12.3 Å². The molecule has 2 nitrogen and oxygen atoms in total. The van der Waals surface area contributed by atoms with Gasteiger partial charge in [0.05, 0.1) is 12.4 Å². The van der Waals surface area contributed by atoms with E-state index in [1.807, 2.05) is 0 Å². The van der Waals surface area contributed by atoms with E-state index in [0.29, 0.717) is 12.0 Å². The average molecular weight is 154 g/mol. The lowest BCUT2D eigenvalue weighted by Gasteiger charge is -2.35. The Morgan fingerprint density at radius 1 is 1.27 bits per heavy atom. The van der Waals surface area contributed by atoms with Crippen molar-refractivity contribution < 1.29 is 9.84 Å². The van der Waals surface area contributed by atoms with Gasteiger partial charge in [-0.1, -0.05) is 6.42 Å². The van der Waals surface area contributed by atoms with Crippen LogP contribution in [0.25, 0.3) is 0 Å². The van der Waals surface area contributed by atoms with Gasteiger partial charge in [0.1, 0.15) is 6.10 Å². The Bertz CT molecular complexity index is 165. The summed E-state index contributed by atoms with van der Waals surface area (Å²) in [5, 5.41) is 9.54. The van der Waals surface area contributed by atoms with E-state index in [1.54, 1.807) is 12.3 Å². The summed E-state index contributed by atoms with van der Waals surface area (Å²) < 4.78 is 5.41. The fourth-order valence-corrected chi connectivity index (χ4v) is 2.05. The number of ether oxygens (including phenoxy) is 1. The summed E-state index contributed by atoms with van der Waals surface area (Å²) >= 11 is 0. The SMILES string of the molecule is O[C@H]1C=CO[C@@H]2CCCC[C@H]12. The largest absolute Gasteiger partial charge is 0.498 e. The molecule has 11 heavy (non-hydrogen) atoms. The molecule has 2 heteroatoms. The van der Waals surface area contributed by atoms with Gasteiger partial charge in [-0.05, 0) is 25.3 Å². The summed E-state index contributed by atoms with van der Waals surface area (Å²) in [6, 6.07) is 0. The highest BCUT2D eigenvalue weighted by Crippen LogP contribution is 2.32. The quantitative estimate of drug-likeness (QED) is 0.572. The highest BCUT2D eigenvalue weighted by molar-refractivity contribution is 4.97. The van der Waals surface area contributed by atoms with Gasteiger partial charge < -0.3 is 9.84 Å². The number of hydrogen-bond acceptors (Lipinski definition) is 2. The molecule has 1 heterocycles. The number of hydrogen-bond donors (Lipinski definition) is 1. The molecule has 0 amide bonds. The maximum Gasteiger partial charge on any atom is 0.103 e. The summed E-state index contributed by atoms with van der Waals surface area (Å²) in [5.41, 5.74) is 0. The minimum Gasteiger partial charge on any atom is -0.498 e. The second-order valence-electron chi connectivity index (χ2n) is 3.44. The number of aliphatic hydroxyl groups excluding tert-OH is 1. The molecule has 2 aliphatic rings. The highest BCUT2D eigenvalue weighted by Gasteiger charge is 2.32. The second kappa shape index (κ2) is 2.86. The summed E-state index contributed by atoms with van der Waals surface area (Å²) in [4.78, 5) is 0. The van der Waals surface area contributed by atoms with Crippen LogP contribution >= 0.6 is 0 Å². The Morgan fingerprint density at radius 2 is 2.09 bits per heavy atom. The molecule has 1 fully saturated rings. The number of rotatable bonds is 0. The molecule has 0 aromatic rings. The van der Waals surface area contributed by atoms with Gasteiger partial charge in [-0.2, -0.15) is 0 Å². The van der Waals surface area contributed by atoms with Crippen LogP contribution in [0.3, 0.4) is 0 Å². The van der Waals surface area contributed by atoms with Crippen LogP contribution in [0.4, 0.5) is 0 Å². The predicted octanol–water partition coefficient (Wildman–Crippen LogP) is 1.45. The van der Waals surface area contributed by atoms with E-state index in [9.17, 15) is 5.11 Å². The highest BCUT2D eigenvalue weighted by atomic mass is 16.5. The van der Waals surface area contributed by atoms with E-state index in [0.717, 1.165) is 12.8 Å². The van der Waals surface area contributed by atoms with Crippen molar-refractivity contribution in [2.45, 2.75) is 37.9 Å². The van der Waals surface area contributed by atoms with Crippen LogP contribution in [-0.4, -0.2) is 17.3 Å². The molecule has 62 valence electrons. The van der Waals surface area contributed by atoms with Gasteiger partial charge >= 0.3 is 0 Å². The molecule has 0 aromatic carbocycles. The Balaban J connectivity index is 2.08. The molecule has 1 aliphatic heterocycles. The smallest absolute Gasteiger partial charge is 0.103 e. The lowest BCUT2D eigenvalue weighted by molar-refractivity contribution is -0.0211. The zero-order valence-corrected chi connectivity index (χ0v) is 6.57. The molecule has 1 N–H and O–H groups in total. The molecular formula is C9H14O2. The van der Waals surface area contributed by atoms with Crippen molar-refractivity contribution in [3.05, 3.63) is 12.3 Å². The van der Waals surface area contributed by atoms with E-state index in [-0.39, 0.29) is 6.10 Å². The van der Waals surface area contributed by atoms with Crippen LogP contribution in [0.5, 0.6) is 0 Å². The number of aliphatic hydroxyl groups is 1. The molecule has 0 aromatic heterocycles. The van der Waals surface area contributed by atoms with Crippen molar-refractivity contribution in [2.24, 2.45) is 5.92 Å². The van der Waals surface area contributed by atoms with Crippen LogP contribution in [0.1, 0.15) is 25.7 Å². The molecule has 0 spiro atoms. The standard InChI is InChI=1S/C9H14O2/c10-8-5-6-11-9-4-2-1-3-7(8)9/h5-10H,1-4H2/t7-,8+,9-/m1/s1. The monoisotopic (exact) mass is 154 g/mol. The zero-order valence-electron chi connectivity index (χ0n) is 6.57. The van der Waals surface area contributed by atoms with E-state index < -0.39 is 0 Å². The summed E-state index contributed by atoms with van der Waals surface area (Å²) in [6.45, 7) is 0.